The Morgan fingerprint density at radius 3 is 2.79 bits per heavy atom. The molecule has 1 aliphatic rings. The highest BCUT2D eigenvalue weighted by Gasteiger charge is 2.11. The van der Waals surface area contributed by atoms with Gasteiger partial charge in [0.2, 0.25) is 0 Å². The van der Waals surface area contributed by atoms with Crippen LogP contribution in [0.2, 0.25) is 0 Å². The molecule has 0 saturated carbocycles. The highest BCUT2D eigenvalue weighted by Crippen LogP contribution is 2.26. The highest BCUT2D eigenvalue weighted by atomic mass is 79.9. The van der Waals surface area contributed by atoms with E-state index in [1.165, 1.54) is 11.1 Å². The van der Waals surface area contributed by atoms with Crippen molar-refractivity contribution in [1.82, 2.24) is 0 Å². The lowest BCUT2D eigenvalue weighted by Crippen LogP contribution is -2.01. The zero-order valence-electron chi connectivity index (χ0n) is 7.91. The van der Waals surface area contributed by atoms with Gasteiger partial charge in [0.15, 0.2) is 0 Å². The quantitative estimate of drug-likeness (QED) is 0.735. The maximum absolute atomic E-state index is 5.50. The van der Waals surface area contributed by atoms with Crippen molar-refractivity contribution in [3.63, 3.8) is 0 Å². The van der Waals surface area contributed by atoms with Gasteiger partial charge in [-0.3, -0.25) is 0 Å². The van der Waals surface area contributed by atoms with Crippen LogP contribution in [0.1, 0.15) is 17.2 Å². The summed E-state index contributed by atoms with van der Waals surface area (Å²) in [6.45, 7) is 2.09. The molecule has 0 radical (unpaired) electrons. The fraction of sp³-hybridized carbons (Fsp3) is 0.167. The second-order valence-corrected chi connectivity index (χ2v) is 4.19. The first kappa shape index (κ1) is 9.53. The summed E-state index contributed by atoms with van der Waals surface area (Å²) in [5.74, 6) is 0. The third kappa shape index (κ3) is 1.90. The normalized spacial score (nSPS) is 19.4. The number of halogens is 1. The summed E-state index contributed by atoms with van der Waals surface area (Å²) in [7, 11) is 0. The summed E-state index contributed by atoms with van der Waals surface area (Å²) < 4.78 is 6.61. The maximum atomic E-state index is 5.50. The number of hydrogen-bond acceptors (Lipinski definition) is 1. The van der Waals surface area contributed by atoms with Crippen molar-refractivity contribution in [3.8, 4) is 0 Å². The zero-order valence-corrected chi connectivity index (χ0v) is 9.49. The van der Waals surface area contributed by atoms with E-state index in [9.17, 15) is 0 Å². The van der Waals surface area contributed by atoms with E-state index in [0.29, 0.717) is 0 Å². The summed E-state index contributed by atoms with van der Waals surface area (Å²) in [5, 5.41) is 0. The molecule has 0 spiro atoms. The first-order valence-corrected chi connectivity index (χ1v) is 5.31. The fourth-order valence-electron chi connectivity index (χ4n) is 1.52. The second-order valence-electron chi connectivity index (χ2n) is 3.27. The molecule has 72 valence electrons. The van der Waals surface area contributed by atoms with Gasteiger partial charge < -0.3 is 4.74 Å². The molecule has 0 saturated heterocycles. The van der Waals surface area contributed by atoms with Crippen LogP contribution in [0.5, 0.6) is 0 Å². The molecule has 0 bridgehead atoms. The molecule has 0 fully saturated rings. The van der Waals surface area contributed by atoms with Crippen molar-refractivity contribution in [3.05, 3.63) is 58.3 Å². The third-order valence-electron chi connectivity index (χ3n) is 2.24. The Kier molecular flexibility index (Phi) is 2.73. The van der Waals surface area contributed by atoms with Crippen LogP contribution in [0, 0.1) is 6.92 Å². The first-order valence-electron chi connectivity index (χ1n) is 4.52. The lowest BCUT2D eigenvalue weighted by Gasteiger charge is -2.17. The molecule has 0 aromatic heterocycles. The Labute approximate surface area is 92.2 Å². The molecule has 2 rings (SSSR count). The minimum Gasteiger partial charge on any atom is -0.489 e. The molecule has 0 N–H and O–H groups in total. The monoisotopic (exact) mass is 250 g/mol. The molecule has 1 aromatic rings. The Morgan fingerprint density at radius 2 is 2.14 bits per heavy atom. The second kappa shape index (κ2) is 4.01. The van der Waals surface area contributed by atoms with Gasteiger partial charge in [-0.2, -0.15) is 0 Å². The summed E-state index contributed by atoms with van der Waals surface area (Å²) in [6, 6.07) is 6.23. The lowest BCUT2D eigenvalue weighted by atomic mass is 10.0. The van der Waals surface area contributed by atoms with Crippen molar-refractivity contribution >= 4 is 15.9 Å². The number of benzene rings is 1. The van der Waals surface area contributed by atoms with Crippen molar-refractivity contribution in [2.45, 2.75) is 13.0 Å². The summed E-state index contributed by atoms with van der Waals surface area (Å²) in [6.07, 6.45) is 7.75. The van der Waals surface area contributed by atoms with Gasteiger partial charge in [0, 0.05) is 4.47 Å². The van der Waals surface area contributed by atoms with Gasteiger partial charge in [-0.25, -0.2) is 0 Å². The van der Waals surface area contributed by atoms with Gasteiger partial charge >= 0.3 is 0 Å². The van der Waals surface area contributed by atoms with Gasteiger partial charge in [0.1, 0.15) is 6.10 Å². The van der Waals surface area contributed by atoms with Gasteiger partial charge in [-0.1, -0.05) is 28.1 Å². The smallest absolute Gasteiger partial charge is 0.142 e. The lowest BCUT2D eigenvalue weighted by molar-refractivity contribution is 0.185. The van der Waals surface area contributed by atoms with Gasteiger partial charge in [-0.15, -0.1) is 0 Å². The third-order valence-corrected chi connectivity index (χ3v) is 2.73. The van der Waals surface area contributed by atoms with E-state index in [1.54, 1.807) is 6.26 Å². The standard InChI is InChI=1S/C12H11BrO/c1-9-8-10(13)5-6-11(9)12-4-2-3-7-14-12/h2-8,12H,1H3. The highest BCUT2D eigenvalue weighted by molar-refractivity contribution is 9.10. The van der Waals surface area contributed by atoms with Gasteiger partial charge in [0.25, 0.3) is 0 Å². The van der Waals surface area contributed by atoms with Crippen LogP contribution < -0.4 is 0 Å². The van der Waals surface area contributed by atoms with Crippen LogP contribution in [0.25, 0.3) is 0 Å². The number of ether oxygens (including phenoxy) is 1. The molecule has 0 amide bonds. The van der Waals surface area contributed by atoms with Crippen molar-refractivity contribution < 1.29 is 4.74 Å². The van der Waals surface area contributed by atoms with Crippen molar-refractivity contribution in [1.29, 1.82) is 0 Å². The van der Waals surface area contributed by atoms with Crippen molar-refractivity contribution in [2.75, 3.05) is 0 Å². The van der Waals surface area contributed by atoms with Crippen LogP contribution in [0.3, 0.4) is 0 Å². The molecule has 0 aliphatic carbocycles. The Balaban J connectivity index is 2.32. The van der Waals surface area contributed by atoms with E-state index in [0.717, 1.165) is 4.47 Å². The Morgan fingerprint density at radius 1 is 1.29 bits per heavy atom. The zero-order chi connectivity index (χ0) is 9.97. The number of hydrogen-bond donors (Lipinski definition) is 0. The summed E-state index contributed by atoms with van der Waals surface area (Å²) >= 11 is 3.45. The predicted molar refractivity (Wildman–Crippen MR) is 61.0 cm³/mol. The first-order chi connectivity index (χ1) is 6.77. The number of rotatable bonds is 1. The number of allylic oxidation sites excluding steroid dienone is 2. The summed E-state index contributed by atoms with van der Waals surface area (Å²) in [5.41, 5.74) is 2.46. The van der Waals surface area contributed by atoms with Gasteiger partial charge in [0.05, 0.1) is 6.26 Å². The SMILES string of the molecule is Cc1cc(Br)ccc1C1C=CC=CO1. The van der Waals surface area contributed by atoms with E-state index in [1.807, 2.05) is 18.2 Å². The molecule has 2 heteroatoms. The predicted octanol–water partition coefficient (Wildman–Crippen LogP) is 3.90. The van der Waals surface area contributed by atoms with E-state index in [4.69, 9.17) is 4.74 Å². The van der Waals surface area contributed by atoms with Crippen LogP contribution >= 0.6 is 15.9 Å². The molecule has 1 atom stereocenters. The number of aryl methyl sites for hydroxylation is 1. The van der Waals surface area contributed by atoms with Crippen LogP contribution in [-0.2, 0) is 4.74 Å². The van der Waals surface area contributed by atoms with Crippen LogP contribution in [-0.4, -0.2) is 0 Å². The molecular weight excluding hydrogens is 240 g/mol. The Hall–Kier alpha value is -1.02. The molecule has 1 unspecified atom stereocenters. The topological polar surface area (TPSA) is 9.23 Å². The molecule has 14 heavy (non-hydrogen) atoms. The molecule has 1 aliphatic heterocycles. The molecule has 1 nitrogen and oxygen atoms in total. The summed E-state index contributed by atoms with van der Waals surface area (Å²) in [4.78, 5) is 0. The van der Waals surface area contributed by atoms with Crippen LogP contribution in [0.4, 0.5) is 0 Å². The van der Waals surface area contributed by atoms with Gasteiger partial charge in [-0.05, 0) is 42.3 Å². The van der Waals surface area contributed by atoms with E-state index < -0.39 is 0 Å². The minimum absolute atomic E-state index is 0.0631. The molecular formula is C12H11BrO. The molecule has 1 heterocycles. The maximum Gasteiger partial charge on any atom is 0.142 e. The van der Waals surface area contributed by atoms with Crippen molar-refractivity contribution in [2.24, 2.45) is 0 Å². The molecule has 1 aromatic carbocycles. The minimum atomic E-state index is 0.0631. The van der Waals surface area contributed by atoms with E-state index >= 15 is 0 Å². The van der Waals surface area contributed by atoms with E-state index in [-0.39, 0.29) is 6.10 Å². The van der Waals surface area contributed by atoms with E-state index in [2.05, 4.69) is 41.1 Å². The fourth-order valence-corrected chi connectivity index (χ4v) is 2.00. The average Bonchev–Trinajstić information content (AvgIpc) is 2.19. The van der Waals surface area contributed by atoms with Crippen LogP contribution in [0.15, 0.2) is 47.2 Å². The Bertz CT molecular complexity index is 393. The average molecular weight is 251 g/mol. The largest absolute Gasteiger partial charge is 0.489 e.